The smallest absolute Gasteiger partial charge is 0.320 e. The Hall–Kier alpha value is -1.91. The Kier molecular flexibility index (Phi) is 10.6. The topological polar surface area (TPSA) is 38.8 Å². The minimum absolute atomic E-state index is 0.160. The fourth-order valence-corrected chi connectivity index (χ4v) is 2.78. The predicted molar refractivity (Wildman–Crippen MR) is 107 cm³/mol. The number of ether oxygens (including phenoxy) is 2. The number of allylic oxidation sites excluding steroid dienone is 1. The molecule has 0 fully saturated rings. The number of rotatable bonds is 12. The molecule has 4 nitrogen and oxygen atoms in total. The lowest BCUT2D eigenvalue weighted by Crippen LogP contribution is -2.37. The van der Waals surface area contributed by atoms with Crippen molar-refractivity contribution in [1.82, 2.24) is 4.90 Å². The summed E-state index contributed by atoms with van der Waals surface area (Å²) in [6.07, 6.45) is 4.00. The number of hydrogen-bond donors (Lipinski definition) is 0. The standard InChI is InChI=1S/C22H33NO3/c1-6-26-22(24)16-23(5)21(18(2)3)13-12-19(4)14-15-25-17-20-10-8-7-9-11-20/h7-11,14,21H,2,6,12-13,15-17H2,1,3-5H3/b19-14+. The molecule has 26 heavy (non-hydrogen) atoms. The summed E-state index contributed by atoms with van der Waals surface area (Å²) in [6.45, 7) is 12.0. The summed E-state index contributed by atoms with van der Waals surface area (Å²) >= 11 is 0. The summed E-state index contributed by atoms with van der Waals surface area (Å²) in [4.78, 5) is 13.7. The minimum atomic E-state index is -0.192. The van der Waals surface area contributed by atoms with Gasteiger partial charge in [-0.1, -0.05) is 54.1 Å². The SMILES string of the molecule is C=C(C)C(CC/C(C)=C/COCc1ccccc1)N(C)CC(=O)OCC. The van der Waals surface area contributed by atoms with Crippen molar-refractivity contribution < 1.29 is 14.3 Å². The molecule has 1 aromatic carbocycles. The Morgan fingerprint density at radius 1 is 1.27 bits per heavy atom. The van der Waals surface area contributed by atoms with Gasteiger partial charge in [-0.05, 0) is 46.2 Å². The molecule has 1 unspecified atom stereocenters. The molecular formula is C22H33NO3. The normalized spacial score (nSPS) is 12.9. The first-order chi connectivity index (χ1) is 12.4. The highest BCUT2D eigenvalue weighted by molar-refractivity contribution is 5.71. The molecule has 4 heteroatoms. The van der Waals surface area contributed by atoms with Crippen molar-refractivity contribution in [2.45, 2.75) is 46.3 Å². The Labute approximate surface area is 158 Å². The van der Waals surface area contributed by atoms with Crippen LogP contribution < -0.4 is 0 Å². The van der Waals surface area contributed by atoms with Gasteiger partial charge >= 0.3 is 5.97 Å². The van der Waals surface area contributed by atoms with Crippen LogP contribution in [0, 0.1) is 0 Å². The highest BCUT2D eigenvalue weighted by atomic mass is 16.5. The molecule has 0 bridgehead atoms. The fourth-order valence-electron chi connectivity index (χ4n) is 2.78. The summed E-state index contributed by atoms with van der Waals surface area (Å²) in [6, 6.07) is 10.3. The number of esters is 1. The Bertz CT molecular complexity index is 580. The minimum Gasteiger partial charge on any atom is -0.465 e. The lowest BCUT2D eigenvalue weighted by molar-refractivity contribution is -0.144. The second-order valence-electron chi connectivity index (χ2n) is 6.67. The van der Waals surface area contributed by atoms with Crippen molar-refractivity contribution >= 4 is 5.97 Å². The van der Waals surface area contributed by atoms with Crippen molar-refractivity contribution in [3.05, 3.63) is 59.7 Å². The highest BCUT2D eigenvalue weighted by Gasteiger charge is 2.18. The van der Waals surface area contributed by atoms with Crippen molar-refractivity contribution in [2.75, 3.05) is 26.8 Å². The van der Waals surface area contributed by atoms with E-state index in [1.54, 1.807) is 0 Å². The van der Waals surface area contributed by atoms with E-state index < -0.39 is 0 Å². The van der Waals surface area contributed by atoms with Crippen molar-refractivity contribution in [3.63, 3.8) is 0 Å². The quantitative estimate of drug-likeness (QED) is 0.316. The zero-order valence-electron chi connectivity index (χ0n) is 16.7. The van der Waals surface area contributed by atoms with Gasteiger partial charge in [-0.2, -0.15) is 0 Å². The number of likely N-dealkylation sites (N-methyl/N-ethyl adjacent to an activating group) is 1. The van der Waals surface area contributed by atoms with E-state index in [1.807, 2.05) is 44.0 Å². The van der Waals surface area contributed by atoms with Gasteiger partial charge in [0.15, 0.2) is 0 Å². The molecule has 0 aliphatic carbocycles. The third-order valence-corrected chi connectivity index (χ3v) is 4.26. The van der Waals surface area contributed by atoms with E-state index in [4.69, 9.17) is 9.47 Å². The largest absolute Gasteiger partial charge is 0.465 e. The Balaban J connectivity index is 2.39. The Morgan fingerprint density at radius 2 is 1.96 bits per heavy atom. The summed E-state index contributed by atoms with van der Waals surface area (Å²) in [5.74, 6) is -0.192. The zero-order chi connectivity index (χ0) is 19.4. The lowest BCUT2D eigenvalue weighted by atomic mass is 10.00. The van der Waals surface area contributed by atoms with Gasteiger partial charge in [0.2, 0.25) is 0 Å². The molecule has 1 atom stereocenters. The van der Waals surface area contributed by atoms with Crippen LogP contribution in [0.25, 0.3) is 0 Å². The number of hydrogen-bond acceptors (Lipinski definition) is 4. The number of nitrogens with zero attached hydrogens (tertiary/aromatic N) is 1. The van der Waals surface area contributed by atoms with Gasteiger partial charge in [-0.3, -0.25) is 9.69 Å². The molecule has 0 aliphatic heterocycles. The molecule has 1 rings (SSSR count). The number of carbonyl (C=O) groups excluding carboxylic acids is 1. The van der Waals surface area contributed by atoms with Crippen LogP contribution in [-0.4, -0.2) is 43.7 Å². The first-order valence-corrected chi connectivity index (χ1v) is 9.22. The van der Waals surface area contributed by atoms with Crippen molar-refractivity contribution in [1.29, 1.82) is 0 Å². The first kappa shape index (κ1) is 22.1. The van der Waals surface area contributed by atoms with E-state index in [2.05, 4.69) is 31.7 Å². The molecular weight excluding hydrogens is 326 g/mol. The Morgan fingerprint density at radius 3 is 2.58 bits per heavy atom. The van der Waals surface area contributed by atoms with Gasteiger partial charge < -0.3 is 9.47 Å². The maximum absolute atomic E-state index is 11.7. The van der Waals surface area contributed by atoms with E-state index in [-0.39, 0.29) is 18.6 Å². The highest BCUT2D eigenvalue weighted by Crippen LogP contribution is 2.17. The molecule has 0 radical (unpaired) electrons. The zero-order valence-corrected chi connectivity index (χ0v) is 16.7. The third-order valence-electron chi connectivity index (χ3n) is 4.26. The summed E-state index contributed by atoms with van der Waals surface area (Å²) in [5, 5.41) is 0. The molecule has 0 spiro atoms. The third kappa shape index (κ3) is 8.97. The van der Waals surface area contributed by atoms with E-state index in [1.165, 1.54) is 11.1 Å². The van der Waals surface area contributed by atoms with Crippen LogP contribution in [0.2, 0.25) is 0 Å². The van der Waals surface area contributed by atoms with E-state index >= 15 is 0 Å². The molecule has 0 N–H and O–H groups in total. The van der Waals surface area contributed by atoms with Gasteiger partial charge in [0.1, 0.15) is 0 Å². The van der Waals surface area contributed by atoms with Crippen LogP contribution in [-0.2, 0) is 20.9 Å². The van der Waals surface area contributed by atoms with E-state index in [9.17, 15) is 4.79 Å². The first-order valence-electron chi connectivity index (χ1n) is 9.22. The fraction of sp³-hybridized carbons (Fsp3) is 0.500. The molecule has 0 saturated heterocycles. The van der Waals surface area contributed by atoms with Crippen molar-refractivity contribution in [3.8, 4) is 0 Å². The number of benzene rings is 1. The predicted octanol–water partition coefficient (Wildman–Crippen LogP) is 4.37. The van der Waals surface area contributed by atoms with Crippen LogP contribution in [0.15, 0.2) is 54.1 Å². The van der Waals surface area contributed by atoms with Crippen LogP contribution in [0.1, 0.15) is 39.2 Å². The molecule has 0 heterocycles. The molecule has 0 saturated carbocycles. The maximum atomic E-state index is 11.7. The van der Waals surface area contributed by atoms with Gasteiger partial charge in [0.05, 0.1) is 26.4 Å². The average molecular weight is 360 g/mol. The second-order valence-corrected chi connectivity index (χ2v) is 6.67. The van der Waals surface area contributed by atoms with E-state index in [0.29, 0.717) is 19.8 Å². The van der Waals surface area contributed by atoms with Crippen molar-refractivity contribution in [2.24, 2.45) is 0 Å². The van der Waals surface area contributed by atoms with Gasteiger partial charge in [0, 0.05) is 6.04 Å². The molecule has 1 aromatic rings. The summed E-state index contributed by atoms with van der Waals surface area (Å²) in [5.41, 5.74) is 3.53. The van der Waals surface area contributed by atoms with Gasteiger partial charge in [-0.25, -0.2) is 0 Å². The van der Waals surface area contributed by atoms with Crippen LogP contribution in [0.3, 0.4) is 0 Å². The maximum Gasteiger partial charge on any atom is 0.320 e. The second kappa shape index (κ2) is 12.4. The number of carbonyl (C=O) groups is 1. The van der Waals surface area contributed by atoms with Crippen LogP contribution in [0.5, 0.6) is 0 Å². The average Bonchev–Trinajstić information content (AvgIpc) is 2.59. The monoisotopic (exact) mass is 359 g/mol. The van der Waals surface area contributed by atoms with Crippen LogP contribution >= 0.6 is 0 Å². The van der Waals surface area contributed by atoms with Gasteiger partial charge in [-0.15, -0.1) is 0 Å². The van der Waals surface area contributed by atoms with E-state index in [0.717, 1.165) is 18.4 Å². The lowest BCUT2D eigenvalue weighted by Gasteiger charge is -2.27. The van der Waals surface area contributed by atoms with Crippen LogP contribution in [0.4, 0.5) is 0 Å². The molecule has 144 valence electrons. The summed E-state index contributed by atoms with van der Waals surface area (Å²) in [7, 11) is 1.94. The van der Waals surface area contributed by atoms with Gasteiger partial charge in [0.25, 0.3) is 0 Å². The molecule has 0 amide bonds. The molecule has 0 aliphatic rings. The summed E-state index contributed by atoms with van der Waals surface area (Å²) < 4.78 is 10.7. The molecule has 0 aromatic heterocycles.